The van der Waals surface area contributed by atoms with Crippen LogP contribution in [0, 0.1) is 5.92 Å². The number of hydrogen-bond acceptors (Lipinski definition) is 2. The smallest absolute Gasteiger partial charge is 0.267 e. The third-order valence-electron chi connectivity index (χ3n) is 3.35. The minimum Gasteiger partial charge on any atom is -0.351 e. The number of benzene rings is 1. The topological polar surface area (TPSA) is 44.9 Å². The Bertz CT molecular complexity index is 525. The van der Waals surface area contributed by atoms with Crippen LogP contribution >= 0.6 is 11.8 Å². The first-order valence-corrected chi connectivity index (χ1v) is 7.42. The van der Waals surface area contributed by atoms with Gasteiger partial charge >= 0.3 is 0 Å². The minimum atomic E-state index is 0.00287. The third-order valence-corrected chi connectivity index (χ3v) is 4.58. The molecular formula is C14H16N2OS. The molecule has 1 aliphatic heterocycles. The summed E-state index contributed by atoms with van der Waals surface area (Å²) < 4.78 is 0. The van der Waals surface area contributed by atoms with Gasteiger partial charge < -0.3 is 10.3 Å². The molecule has 1 fully saturated rings. The van der Waals surface area contributed by atoms with E-state index in [2.05, 4.69) is 10.3 Å². The number of nitrogens with one attached hydrogen (secondary N) is 2. The van der Waals surface area contributed by atoms with Gasteiger partial charge in [-0.05, 0) is 36.0 Å². The maximum Gasteiger partial charge on any atom is 0.267 e. The Morgan fingerprint density at radius 1 is 1.44 bits per heavy atom. The van der Waals surface area contributed by atoms with Gasteiger partial charge in [0.05, 0.1) is 0 Å². The molecule has 1 aliphatic rings. The molecule has 1 amide bonds. The number of rotatable bonds is 3. The van der Waals surface area contributed by atoms with Gasteiger partial charge in [-0.2, -0.15) is 11.8 Å². The van der Waals surface area contributed by atoms with Crippen molar-refractivity contribution in [3.63, 3.8) is 0 Å². The zero-order chi connectivity index (χ0) is 12.4. The molecule has 1 atom stereocenters. The zero-order valence-corrected chi connectivity index (χ0v) is 10.9. The van der Waals surface area contributed by atoms with E-state index in [0.717, 1.165) is 17.4 Å². The van der Waals surface area contributed by atoms with Crippen molar-refractivity contribution in [2.24, 2.45) is 5.92 Å². The standard InChI is InChI=1S/C14H16N2OS/c17-14(15-8-10-5-6-18-9-10)13-7-11-3-1-2-4-12(11)16-13/h1-4,7,10,16H,5-6,8-9H2,(H,15,17). The average molecular weight is 260 g/mol. The largest absolute Gasteiger partial charge is 0.351 e. The molecule has 0 radical (unpaired) electrons. The van der Waals surface area contributed by atoms with Crippen LogP contribution in [-0.2, 0) is 0 Å². The van der Waals surface area contributed by atoms with Crippen LogP contribution in [0.3, 0.4) is 0 Å². The number of carbonyl (C=O) groups is 1. The fourth-order valence-corrected chi connectivity index (χ4v) is 3.56. The van der Waals surface area contributed by atoms with Crippen molar-refractivity contribution in [1.29, 1.82) is 0 Å². The Morgan fingerprint density at radius 2 is 2.33 bits per heavy atom. The Morgan fingerprint density at radius 3 is 3.11 bits per heavy atom. The lowest BCUT2D eigenvalue weighted by atomic mass is 10.1. The van der Waals surface area contributed by atoms with E-state index >= 15 is 0 Å². The monoisotopic (exact) mass is 260 g/mol. The molecule has 4 heteroatoms. The quantitative estimate of drug-likeness (QED) is 0.891. The highest BCUT2D eigenvalue weighted by Crippen LogP contribution is 2.22. The van der Waals surface area contributed by atoms with Gasteiger partial charge in [-0.3, -0.25) is 4.79 Å². The highest BCUT2D eigenvalue weighted by atomic mass is 32.2. The van der Waals surface area contributed by atoms with Crippen LogP contribution in [0.2, 0.25) is 0 Å². The summed E-state index contributed by atoms with van der Waals surface area (Å²) in [4.78, 5) is 15.2. The fourth-order valence-electron chi connectivity index (χ4n) is 2.27. The molecule has 1 aromatic carbocycles. The summed E-state index contributed by atoms with van der Waals surface area (Å²) >= 11 is 1.97. The lowest BCUT2D eigenvalue weighted by Crippen LogP contribution is -2.29. The van der Waals surface area contributed by atoms with Crippen molar-refractivity contribution in [2.45, 2.75) is 6.42 Å². The molecular weight excluding hydrogens is 244 g/mol. The number of thioether (sulfide) groups is 1. The number of hydrogen-bond donors (Lipinski definition) is 2. The van der Waals surface area contributed by atoms with E-state index in [1.807, 2.05) is 42.1 Å². The van der Waals surface area contributed by atoms with E-state index in [9.17, 15) is 4.79 Å². The Kier molecular flexibility index (Phi) is 3.28. The van der Waals surface area contributed by atoms with Crippen molar-refractivity contribution in [1.82, 2.24) is 10.3 Å². The molecule has 1 aromatic heterocycles. The van der Waals surface area contributed by atoms with E-state index in [-0.39, 0.29) is 5.91 Å². The second-order valence-corrected chi connectivity index (χ2v) is 5.86. The first-order chi connectivity index (χ1) is 8.83. The molecule has 0 spiro atoms. The van der Waals surface area contributed by atoms with Gasteiger partial charge in [0.1, 0.15) is 5.69 Å². The number of para-hydroxylation sites is 1. The highest BCUT2D eigenvalue weighted by Gasteiger charge is 2.17. The van der Waals surface area contributed by atoms with Gasteiger partial charge in [-0.1, -0.05) is 18.2 Å². The van der Waals surface area contributed by atoms with Gasteiger partial charge in [0, 0.05) is 17.4 Å². The number of aromatic amines is 1. The molecule has 0 saturated carbocycles. The molecule has 0 bridgehead atoms. The second kappa shape index (κ2) is 5.06. The molecule has 0 aliphatic carbocycles. The molecule has 94 valence electrons. The lowest BCUT2D eigenvalue weighted by Gasteiger charge is -2.08. The van der Waals surface area contributed by atoms with Crippen LogP contribution in [0.25, 0.3) is 10.9 Å². The van der Waals surface area contributed by atoms with Crippen molar-refractivity contribution in [2.75, 3.05) is 18.1 Å². The third kappa shape index (κ3) is 2.38. The molecule has 1 saturated heterocycles. The summed E-state index contributed by atoms with van der Waals surface area (Å²) in [6.07, 6.45) is 1.22. The number of fused-ring (bicyclic) bond motifs is 1. The van der Waals surface area contributed by atoms with Gasteiger partial charge in [0.15, 0.2) is 0 Å². The van der Waals surface area contributed by atoms with Crippen LogP contribution in [0.5, 0.6) is 0 Å². The van der Waals surface area contributed by atoms with Crippen molar-refractivity contribution < 1.29 is 4.79 Å². The van der Waals surface area contributed by atoms with E-state index in [0.29, 0.717) is 11.6 Å². The summed E-state index contributed by atoms with van der Waals surface area (Å²) in [5, 5.41) is 4.10. The van der Waals surface area contributed by atoms with Crippen molar-refractivity contribution in [3.05, 3.63) is 36.0 Å². The predicted molar refractivity (Wildman–Crippen MR) is 76.1 cm³/mol. The number of aromatic nitrogens is 1. The normalized spacial score (nSPS) is 19.2. The van der Waals surface area contributed by atoms with Crippen LogP contribution in [0.4, 0.5) is 0 Å². The first-order valence-electron chi connectivity index (χ1n) is 6.26. The van der Waals surface area contributed by atoms with Gasteiger partial charge in [-0.15, -0.1) is 0 Å². The van der Waals surface area contributed by atoms with E-state index in [4.69, 9.17) is 0 Å². The predicted octanol–water partition coefficient (Wildman–Crippen LogP) is 2.65. The molecule has 18 heavy (non-hydrogen) atoms. The maximum absolute atomic E-state index is 12.0. The zero-order valence-electron chi connectivity index (χ0n) is 10.1. The van der Waals surface area contributed by atoms with Gasteiger partial charge in [-0.25, -0.2) is 0 Å². The Hall–Kier alpha value is -1.42. The number of amides is 1. The lowest BCUT2D eigenvalue weighted by molar-refractivity contribution is 0.0944. The molecule has 1 unspecified atom stereocenters. The second-order valence-electron chi connectivity index (χ2n) is 4.71. The van der Waals surface area contributed by atoms with Crippen molar-refractivity contribution in [3.8, 4) is 0 Å². The highest BCUT2D eigenvalue weighted by molar-refractivity contribution is 7.99. The average Bonchev–Trinajstić information content (AvgIpc) is 3.04. The Labute approximate surface area is 110 Å². The number of H-pyrrole nitrogens is 1. The van der Waals surface area contributed by atoms with Crippen LogP contribution < -0.4 is 5.32 Å². The summed E-state index contributed by atoms with van der Waals surface area (Å²) in [7, 11) is 0. The molecule has 2 N–H and O–H groups in total. The minimum absolute atomic E-state index is 0.00287. The van der Waals surface area contributed by atoms with E-state index < -0.39 is 0 Å². The van der Waals surface area contributed by atoms with Crippen molar-refractivity contribution >= 4 is 28.6 Å². The molecule has 2 aromatic rings. The van der Waals surface area contributed by atoms with E-state index in [1.54, 1.807) is 0 Å². The van der Waals surface area contributed by atoms with Crippen LogP contribution in [0.15, 0.2) is 30.3 Å². The number of carbonyl (C=O) groups excluding carboxylic acids is 1. The Balaban J connectivity index is 1.67. The summed E-state index contributed by atoms with van der Waals surface area (Å²) in [5.74, 6) is 3.05. The fraction of sp³-hybridized carbons (Fsp3) is 0.357. The molecule has 3 rings (SSSR count). The molecule has 3 nitrogen and oxygen atoms in total. The van der Waals surface area contributed by atoms with Gasteiger partial charge in [0.25, 0.3) is 5.91 Å². The van der Waals surface area contributed by atoms with Gasteiger partial charge in [0.2, 0.25) is 0 Å². The van der Waals surface area contributed by atoms with Crippen LogP contribution in [0.1, 0.15) is 16.9 Å². The summed E-state index contributed by atoms with van der Waals surface area (Å²) in [6.45, 7) is 0.793. The first kappa shape index (κ1) is 11.7. The molecule has 2 heterocycles. The van der Waals surface area contributed by atoms with E-state index in [1.165, 1.54) is 17.9 Å². The summed E-state index contributed by atoms with van der Waals surface area (Å²) in [6, 6.07) is 9.86. The summed E-state index contributed by atoms with van der Waals surface area (Å²) in [5.41, 5.74) is 1.67. The SMILES string of the molecule is O=C(NCC1CCSC1)c1cc2ccccc2[nH]1. The maximum atomic E-state index is 12.0. The van der Waals surface area contributed by atoms with Crippen LogP contribution in [-0.4, -0.2) is 28.9 Å².